The van der Waals surface area contributed by atoms with Gasteiger partial charge in [0.25, 0.3) is 10.0 Å². The Bertz CT molecular complexity index is 1170. The fourth-order valence-electron chi connectivity index (χ4n) is 4.29. The first-order valence-corrected chi connectivity index (χ1v) is 11.8. The Morgan fingerprint density at radius 1 is 0.767 bits per heavy atom. The summed E-state index contributed by atoms with van der Waals surface area (Å²) in [4.78, 5) is 4.84. The van der Waals surface area contributed by atoms with Gasteiger partial charge in [-0.05, 0) is 68.5 Å². The van der Waals surface area contributed by atoms with Gasteiger partial charge in [-0.1, -0.05) is 30.3 Å². The van der Waals surface area contributed by atoms with E-state index in [4.69, 9.17) is 0 Å². The second-order valence-electron chi connectivity index (χ2n) is 8.41. The van der Waals surface area contributed by atoms with E-state index in [0.717, 1.165) is 48.4 Å². The maximum absolute atomic E-state index is 12.9. The average Bonchev–Trinajstić information content (AvgIpc) is 2.95. The van der Waals surface area contributed by atoms with Crippen molar-refractivity contribution < 1.29 is 8.42 Å². The molecule has 2 aromatic carbocycles. The van der Waals surface area contributed by atoms with E-state index in [1.54, 1.807) is 0 Å². The van der Waals surface area contributed by atoms with Crippen molar-refractivity contribution >= 4 is 26.5 Å². The lowest BCUT2D eigenvalue weighted by Gasteiger charge is -2.38. The van der Waals surface area contributed by atoms with Crippen LogP contribution in [0.5, 0.6) is 0 Å². The molecule has 1 saturated heterocycles. The number of nitrogens with zero attached hydrogens (tertiary/aromatic N) is 3. The Labute approximate surface area is 179 Å². The van der Waals surface area contributed by atoms with Crippen molar-refractivity contribution in [3.8, 4) is 0 Å². The third-order valence-electron chi connectivity index (χ3n) is 6.19. The van der Waals surface area contributed by atoms with Crippen LogP contribution in [0.1, 0.15) is 34.7 Å². The maximum atomic E-state index is 12.9. The molecule has 2 heterocycles. The molecule has 0 saturated carbocycles. The summed E-state index contributed by atoms with van der Waals surface area (Å²) >= 11 is 0. The highest BCUT2D eigenvalue weighted by Gasteiger charge is 2.34. The number of amidine groups is 1. The largest absolute Gasteiger partial charge is 0.368 e. The van der Waals surface area contributed by atoms with Gasteiger partial charge in [0.1, 0.15) is 10.7 Å². The molecule has 5 nitrogen and oxygen atoms in total. The highest BCUT2D eigenvalue weighted by Crippen LogP contribution is 2.35. The summed E-state index contributed by atoms with van der Waals surface area (Å²) in [6.45, 7) is 13.3. The second kappa shape index (κ2) is 7.58. The van der Waals surface area contributed by atoms with Crippen molar-refractivity contribution in [3.63, 3.8) is 0 Å². The number of rotatable bonds is 2. The van der Waals surface area contributed by atoms with Crippen LogP contribution in [0, 0.1) is 27.7 Å². The molecule has 0 bridgehead atoms. The number of aryl methyl sites for hydroxylation is 4. The van der Waals surface area contributed by atoms with Gasteiger partial charge >= 0.3 is 0 Å². The van der Waals surface area contributed by atoms with E-state index < -0.39 is 10.0 Å². The smallest absolute Gasteiger partial charge is 0.285 e. The molecule has 30 heavy (non-hydrogen) atoms. The van der Waals surface area contributed by atoms with Gasteiger partial charge in [0.15, 0.2) is 0 Å². The van der Waals surface area contributed by atoms with Crippen molar-refractivity contribution in [2.24, 2.45) is 4.40 Å². The molecule has 0 N–H and O–H groups in total. The molecule has 0 spiro atoms. The van der Waals surface area contributed by atoms with E-state index in [9.17, 15) is 8.42 Å². The zero-order chi connectivity index (χ0) is 21.6. The van der Waals surface area contributed by atoms with Crippen molar-refractivity contribution in [2.75, 3.05) is 31.1 Å². The minimum atomic E-state index is -3.68. The Morgan fingerprint density at radius 3 is 2.07 bits per heavy atom. The average molecular weight is 424 g/mol. The third-order valence-corrected chi connectivity index (χ3v) is 7.67. The summed E-state index contributed by atoms with van der Waals surface area (Å²) in [5.41, 5.74) is 7.49. The van der Waals surface area contributed by atoms with Crippen LogP contribution in [0.15, 0.2) is 46.4 Å². The molecule has 2 aliphatic heterocycles. The summed E-state index contributed by atoms with van der Waals surface area (Å²) in [6, 6.07) is 12.3. The molecule has 0 unspecified atom stereocenters. The van der Waals surface area contributed by atoms with Crippen LogP contribution in [0.2, 0.25) is 0 Å². The number of hydrogen-bond acceptors (Lipinski definition) is 4. The number of benzene rings is 2. The molecule has 4 rings (SSSR count). The lowest BCUT2D eigenvalue weighted by molar-refractivity contribution is 0.386. The van der Waals surface area contributed by atoms with Crippen LogP contribution in [0.25, 0.3) is 4.91 Å². The third kappa shape index (κ3) is 3.65. The second-order valence-corrected chi connectivity index (χ2v) is 9.95. The van der Waals surface area contributed by atoms with E-state index in [2.05, 4.69) is 46.2 Å². The minimum Gasteiger partial charge on any atom is -0.368 e. The molecule has 0 aliphatic carbocycles. The van der Waals surface area contributed by atoms with E-state index >= 15 is 0 Å². The molecule has 0 aromatic heterocycles. The van der Waals surface area contributed by atoms with Crippen molar-refractivity contribution in [2.45, 2.75) is 34.6 Å². The van der Waals surface area contributed by atoms with E-state index in [1.807, 2.05) is 39.0 Å². The Morgan fingerprint density at radius 2 is 1.40 bits per heavy atom. The van der Waals surface area contributed by atoms with Crippen LogP contribution in [0.4, 0.5) is 5.69 Å². The predicted octanol–water partition coefficient (Wildman–Crippen LogP) is 4.22. The monoisotopic (exact) mass is 423 g/mol. The van der Waals surface area contributed by atoms with Crippen LogP contribution in [-0.2, 0) is 10.0 Å². The van der Waals surface area contributed by atoms with Gasteiger partial charge in [-0.3, -0.25) is 0 Å². The maximum Gasteiger partial charge on any atom is 0.285 e. The molecule has 158 valence electrons. The van der Waals surface area contributed by atoms with Gasteiger partial charge in [0.05, 0.1) is 0 Å². The number of anilines is 1. The fraction of sp³-hybridized carbons (Fsp3) is 0.375. The topological polar surface area (TPSA) is 53.0 Å². The van der Waals surface area contributed by atoms with Crippen LogP contribution >= 0.6 is 0 Å². The van der Waals surface area contributed by atoms with E-state index in [-0.39, 0.29) is 0 Å². The zero-order valence-corrected chi connectivity index (χ0v) is 19.2. The van der Waals surface area contributed by atoms with Gasteiger partial charge in [-0.2, -0.15) is 8.42 Å². The Kier molecular flexibility index (Phi) is 5.22. The van der Waals surface area contributed by atoms with Crippen molar-refractivity contribution in [1.29, 1.82) is 0 Å². The lowest BCUT2D eigenvalue weighted by Crippen LogP contribution is -2.49. The molecule has 0 amide bonds. The molecule has 0 atom stereocenters. The molecular weight excluding hydrogens is 394 g/mol. The van der Waals surface area contributed by atoms with Crippen LogP contribution in [0.3, 0.4) is 0 Å². The number of piperazine rings is 1. The van der Waals surface area contributed by atoms with Crippen LogP contribution < -0.4 is 4.90 Å². The van der Waals surface area contributed by atoms with Crippen LogP contribution in [-0.4, -0.2) is 45.3 Å². The van der Waals surface area contributed by atoms with Gasteiger partial charge in [-0.25, -0.2) is 0 Å². The zero-order valence-electron chi connectivity index (χ0n) is 18.4. The van der Waals surface area contributed by atoms with Gasteiger partial charge in [0, 0.05) is 37.4 Å². The molecular formula is C24H29N3O2S. The van der Waals surface area contributed by atoms with Crippen molar-refractivity contribution in [3.05, 3.63) is 69.8 Å². The first kappa shape index (κ1) is 20.7. The van der Waals surface area contributed by atoms with Gasteiger partial charge < -0.3 is 9.80 Å². The Hall–Kier alpha value is -2.60. The normalized spacial score (nSPS) is 18.8. The molecule has 2 aliphatic rings. The molecule has 1 fully saturated rings. The van der Waals surface area contributed by atoms with Gasteiger partial charge in [-0.15, -0.1) is 4.40 Å². The first-order chi connectivity index (χ1) is 14.2. The highest BCUT2D eigenvalue weighted by atomic mass is 32.2. The number of sulfonamides is 1. The fourth-order valence-corrected chi connectivity index (χ4v) is 5.76. The van der Waals surface area contributed by atoms with Gasteiger partial charge in [0.2, 0.25) is 0 Å². The predicted molar refractivity (Wildman–Crippen MR) is 125 cm³/mol. The molecule has 6 heteroatoms. The first-order valence-electron chi connectivity index (χ1n) is 10.4. The SMILES string of the molecule is CC1=C(c2ccc(C)c(C)c2)S(=O)(=O)N=C1N1CCN(c2cc(C)ccc2C)CC1. The standard InChI is InChI=1S/C24H29N3O2S/c1-16-6-7-18(3)22(14-16)26-10-12-27(13-11-26)24-20(5)23(30(28,29)25-24)21-9-8-17(2)19(4)15-21/h6-9,14-15H,10-13H2,1-5H3. The number of hydrogen-bond donors (Lipinski definition) is 0. The molecule has 0 radical (unpaired) electrons. The minimum absolute atomic E-state index is 0.345. The summed E-state index contributed by atoms with van der Waals surface area (Å²) in [7, 11) is -3.68. The summed E-state index contributed by atoms with van der Waals surface area (Å²) < 4.78 is 30.0. The lowest BCUT2D eigenvalue weighted by atomic mass is 10.0. The van der Waals surface area contributed by atoms with Crippen molar-refractivity contribution in [1.82, 2.24) is 4.90 Å². The van der Waals surface area contributed by atoms with E-state index in [1.165, 1.54) is 16.8 Å². The molecule has 2 aromatic rings. The summed E-state index contributed by atoms with van der Waals surface area (Å²) in [5, 5.41) is 0. The quantitative estimate of drug-likeness (QED) is 0.726. The highest BCUT2D eigenvalue weighted by molar-refractivity contribution is 8.00. The Balaban J connectivity index is 1.59. The summed E-state index contributed by atoms with van der Waals surface area (Å²) in [5.74, 6) is 0.601. The van der Waals surface area contributed by atoms with E-state index in [0.29, 0.717) is 10.7 Å². The summed E-state index contributed by atoms with van der Waals surface area (Å²) in [6.07, 6.45) is 0.